The van der Waals surface area contributed by atoms with Gasteiger partial charge in [-0.25, -0.2) is 0 Å². The largest absolute Gasteiger partial charge is 0.460 e. The zero-order valence-corrected chi connectivity index (χ0v) is 9.79. The highest BCUT2D eigenvalue weighted by Gasteiger charge is 2.35. The van der Waals surface area contributed by atoms with Crippen LogP contribution < -0.4 is 0 Å². The topological polar surface area (TPSA) is 43.4 Å². The maximum atomic E-state index is 11.5. The number of Topliss-reactive ketones (excluding diaryl/α,β-unsaturated/α-hetero) is 1. The molecule has 15 heavy (non-hydrogen) atoms. The van der Waals surface area contributed by atoms with E-state index in [9.17, 15) is 9.59 Å². The fourth-order valence-electron chi connectivity index (χ4n) is 1.88. The van der Waals surface area contributed by atoms with Crippen molar-refractivity contribution in [2.75, 3.05) is 0 Å². The van der Waals surface area contributed by atoms with Crippen molar-refractivity contribution >= 4 is 11.8 Å². The Morgan fingerprint density at radius 3 is 2.60 bits per heavy atom. The summed E-state index contributed by atoms with van der Waals surface area (Å²) in [6.07, 6.45) is 3.21. The highest BCUT2D eigenvalue weighted by Crippen LogP contribution is 2.32. The Morgan fingerprint density at radius 1 is 1.53 bits per heavy atom. The van der Waals surface area contributed by atoms with Crippen LogP contribution in [0.15, 0.2) is 11.6 Å². The molecule has 0 unspecified atom stereocenters. The first kappa shape index (κ1) is 12.0. The molecule has 0 aromatic heterocycles. The van der Waals surface area contributed by atoms with Crippen LogP contribution in [0.25, 0.3) is 0 Å². The van der Waals surface area contributed by atoms with Gasteiger partial charge in [0.15, 0.2) is 5.78 Å². The third-order valence-electron chi connectivity index (χ3n) is 2.97. The first-order valence-electron chi connectivity index (χ1n) is 5.22. The van der Waals surface area contributed by atoms with Crippen molar-refractivity contribution in [3.63, 3.8) is 0 Å². The number of hydrogen-bond donors (Lipinski definition) is 0. The molecule has 0 N–H and O–H groups in total. The van der Waals surface area contributed by atoms with E-state index in [0.717, 1.165) is 12.0 Å². The van der Waals surface area contributed by atoms with Gasteiger partial charge in [0, 0.05) is 19.3 Å². The van der Waals surface area contributed by atoms with Crippen LogP contribution in [0.2, 0.25) is 0 Å². The summed E-state index contributed by atoms with van der Waals surface area (Å²) in [6, 6.07) is 0. The van der Waals surface area contributed by atoms with Gasteiger partial charge in [-0.2, -0.15) is 0 Å². The Kier molecular flexibility index (Phi) is 3.32. The molecule has 0 saturated carbocycles. The lowest BCUT2D eigenvalue weighted by Crippen LogP contribution is -2.38. The van der Waals surface area contributed by atoms with Crippen LogP contribution in [-0.2, 0) is 14.3 Å². The lowest BCUT2D eigenvalue weighted by atomic mass is 9.79. The molecule has 1 atom stereocenters. The van der Waals surface area contributed by atoms with Crippen molar-refractivity contribution in [1.82, 2.24) is 0 Å². The first-order valence-corrected chi connectivity index (χ1v) is 5.22. The van der Waals surface area contributed by atoms with Crippen molar-refractivity contribution in [3.8, 4) is 0 Å². The number of carbonyl (C=O) groups is 2. The second-order valence-electron chi connectivity index (χ2n) is 4.64. The van der Waals surface area contributed by atoms with Crippen molar-refractivity contribution in [3.05, 3.63) is 11.6 Å². The van der Waals surface area contributed by atoms with E-state index < -0.39 is 5.60 Å². The minimum Gasteiger partial charge on any atom is -0.460 e. The summed E-state index contributed by atoms with van der Waals surface area (Å²) in [6.45, 7) is 6.95. The highest BCUT2D eigenvalue weighted by atomic mass is 16.6. The summed E-state index contributed by atoms with van der Waals surface area (Å²) in [7, 11) is 0. The lowest BCUT2D eigenvalue weighted by molar-refractivity contribution is -0.160. The zero-order chi connectivity index (χ0) is 11.6. The van der Waals surface area contributed by atoms with Gasteiger partial charge in [-0.15, -0.1) is 0 Å². The maximum Gasteiger partial charge on any atom is 0.303 e. The van der Waals surface area contributed by atoms with Crippen LogP contribution in [-0.4, -0.2) is 17.4 Å². The summed E-state index contributed by atoms with van der Waals surface area (Å²) < 4.78 is 5.24. The van der Waals surface area contributed by atoms with Gasteiger partial charge in [-0.1, -0.05) is 6.08 Å². The van der Waals surface area contributed by atoms with Gasteiger partial charge < -0.3 is 4.74 Å². The molecular formula is C12H18O3. The van der Waals surface area contributed by atoms with Gasteiger partial charge in [0.25, 0.3) is 0 Å². The van der Waals surface area contributed by atoms with E-state index in [4.69, 9.17) is 4.74 Å². The summed E-state index contributed by atoms with van der Waals surface area (Å²) in [5.41, 5.74) is 0.267. The van der Waals surface area contributed by atoms with E-state index in [-0.39, 0.29) is 17.7 Å². The molecule has 1 rings (SSSR count). The van der Waals surface area contributed by atoms with Crippen molar-refractivity contribution in [1.29, 1.82) is 0 Å². The summed E-state index contributed by atoms with van der Waals surface area (Å²) in [5.74, 6) is -0.0391. The molecule has 0 heterocycles. The molecule has 84 valence electrons. The van der Waals surface area contributed by atoms with E-state index in [1.807, 2.05) is 26.8 Å². The average molecular weight is 210 g/mol. The van der Waals surface area contributed by atoms with Crippen molar-refractivity contribution in [2.45, 2.75) is 46.1 Å². The van der Waals surface area contributed by atoms with Crippen LogP contribution in [0.4, 0.5) is 0 Å². The van der Waals surface area contributed by atoms with Crippen LogP contribution in [0.5, 0.6) is 0 Å². The molecule has 0 fully saturated rings. The molecule has 0 aromatic carbocycles. The van der Waals surface area contributed by atoms with E-state index in [2.05, 4.69) is 0 Å². The molecule has 0 aromatic rings. The second-order valence-corrected chi connectivity index (χ2v) is 4.64. The van der Waals surface area contributed by atoms with Gasteiger partial charge in [0.1, 0.15) is 5.60 Å². The SMILES string of the molecule is CC(=O)OC(C)(C)[C@@H]1CC=C(C)C(=O)C1. The highest BCUT2D eigenvalue weighted by molar-refractivity contribution is 5.95. The van der Waals surface area contributed by atoms with E-state index in [1.165, 1.54) is 6.92 Å². The second kappa shape index (κ2) is 4.17. The fourth-order valence-corrected chi connectivity index (χ4v) is 1.88. The Morgan fingerprint density at radius 2 is 2.13 bits per heavy atom. The number of allylic oxidation sites excluding steroid dienone is 2. The molecule has 0 saturated heterocycles. The third-order valence-corrected chi connectivity index (χ3v) is 2.97. The standard InChI is InChI=1S/C12H18O3/c1-8-5-6-10(7-11(8)14)12(3,4)15-9(2)13/h5,10H,6-7H2,1-4H3/t10-/m1/s1. The molecule has 0 radical (unpaired) electrons. The first-order chi connectivity index (χ1) is 6.83. The smallest absolute Gasteiger partial charge is 0.303 e. The number of hydrogen-bond acceptors (Lipinski definition) is 3. The number of esters is 1. The van der Waals surface area contributed by atoms with Crippen molar-refractivity contribution < 1.29 is 14.3 Å². The minimum atomic E-state index is -0.557. The van der Waals surface area contributed by atoms with Crippen LogP contribution in [0.1, 0.15) is 40.5 Å². The molecule has 1 aliphatic carbocycles. The molecule has 1 aliphatic rings. The lowest BCUT2D eigenvalue weighted by Gasteiger charge is -2.34. The van der Waals surface area contributed by atoms with Crippen LogP contribution in [0.3, 0.4) is 0 Å². The Balaban J connectivity index is 2.74. The monoisotopic (exact) mass is 210 g/mol. The predicted molar refractivity (Wildman–Crippen MR) is 57.3 cm³/mol. The molecule has 3 nitrogen and oxygen atoms in total. The average Bonchev–Trinajstić information content (AvgIpc) is 2.07. The molecule has 0 amide bonds. The third kappa shape index (κ3) is 2.91. The van der Waals surface area contributed by atoms with Gasteiger partial charge in [0.2, 0.25) is 0 Å². The van der Waals surface area contributed by atoms with Gasteiger partial charge in [0.05, 0.1) is 0 Å². The number of ketones is 1. The molecule has 0 bridgehead atoms. The number of carbonyl (C=O) groups excluding carboxylic acids is 2. The van der Waals surface area contributed by atoms with Gasteiger partial charge in [-0.3, -0.25) is 9.59 Å². The van der Waals surface area contributed by atoms with Crippen LogP contribution >= 0.6 is 0 Å². The quantitative estimate of drug-likeness (QED) is 0.656. The van der Waals surface area contributed by atoms with E-state index >= 15 is 0 Å². The summed E-state index contributed by atoms with van der Waals surface area (Å²) >= 11 is 0. The fraction of sp³-hybridized carbons (Fsp3) is 0.667. The normalized spacial score (nSPS) is 22.3. The molecule has 3 heteroatoms. The Labute approximate surface area is 90.5 Å². The predicted octanol–water partition coefficient (Wildman–Crippen LogP) is 2.25. The summed E-state index contributed by atoms with van der Waals surface area (Å²) in [5, 5.41) is 0. The zero-order valence-electron chi connectivity index (χ0n) is 9.79. The molecule has 0 aliphatic heterocycles. The molecule has 0 spiro atoms. The van der Waals surface area contributed by atoms with Gasteiger partial charge >= 0.3 is 5.97 Å². The van der Waals surface area contributed by atoms with Crippen LogP contribution in [0, 0.1) is 5.92 Å². The van der Waals surface area contributed by atoms with E-state index in [1.54, 1.807) is 0 Å². The maximum absolute atomic E-state index is 11.5. The summed E-state index contributed by atoms with van der Waals surface area (Å²) in [4.78, 5) is 22.5. The Bertz CT molecular complexity index is 313. The van der Waals surface area contributed by atoms with Crippen molar-refractivity contribution in [2.24, 2.45) is 5.92 Å². The minimum absolute atomic E-state index is 0.0950. The number of rotatable bonds is 2. The number of ether oxygens (including phenoxy) is 1. The van der Waals surface area contributed by atoms with Gasteiger partial charge in [-0.05, 0) is 32.8 Å². The van der Waals surface area contributed by atoms with E-state index in [0.29, 0.717) is 6.42 Å². The Hall–Kier alpha value is -1.12. The molecular weight excluding hydrogens is 192 g/mol.